The number of nitrogens with one attached hydrogen (secondary N) is 2. The molecule has 0 radical (unpaired) electrons. The highest BCUT2D eigenvalue weighted by Crippen LogP contribution is 2.39. The highest BCUT2D eigenvalue weighted by molar-refractivity contribution is 14.0. The molecular formula is C20H26IN3O5. The van der Waals surface area contributed by atoms with E-state index in [0.29, 0.717) is 36.3 Å². The van der Waals surface area contributed by atoms with Gasteiger partial charge in [0, 0.05) is 25.7 Å². The molecule has 0 spiro atoms. The summed E-state index contributed by atoms with van der Waals surface area (Å²) in [4.78, 5) is 4.26. The third kappa shape index (κ3) is 5.28. The maximum atomic E-state index is 5.52. The van der Waals surface area contributed by atoms with E-state index in [9.17, 15) is 0 Å². The van der Waals surface area contributed by atoms with Gasteiger partial charge in [-0.05, 0) is 29.8 Å². The van der Waals surface area contributed by atoms with Crippen LogP contribution in [-0.2, 0) is 13.1 Å². The molecule has 0 aliphatic carbocycles. The summed E-state index contributed by atoms with van der Waals surface area (Å²) in [6, 6.07) is 9.63. The van der Waals surface area contributed by atoms with Gasteiger partial charge in [0.25, 0.3) is 0 Å². The van der Waals surface area contributed by atoms with E-state index in [1.54, 1.807) is 28.4 Å². The number of halogens is 1. The first-order chi connectivity index (χ1) is 13.7. The van der Waals surface area contributed by atoms with Crippen LogP contribution in [0.5, 0.6) is 28.7 Å². The predicted octanol–water partition coefficient (Wildman–Crippen LogP) is 2.92. The third-order valence-electron chi connectivity index (χ3n) is 4.35. The van der Waals surface area contributed by atoms with Gasteiger partial charge >= 0.3 is 0 Å². The van der Waals surface area contributed by atoms with Crippen molar-refractivity contribution in [1.82, 2.24) is 10.6 Å². The molecule has 9 heteroatoms. The third-order valence-corrected chi connectivity index (χ3v) is 4.35. The fourth-order valence-electron chi connectivity index (χ4n) is 2.94. The van der Waals surface area contributed by atoms with E-state index in [1.165, 1.54) is 0 Å². The van der Waals surface area contributed by atoms with Gasteiger partial charge in [-0.1, -0.05) is 6.07 Å². The molecule has 2 aromatic carbocycles. The van der Waals surface area contributed by atoms with Gasteiger partial charge in [-0.25, -0.2) is 0 Å². The fraction of sp³-hybridized carbons (Fsp3) is 0.350. The number of nitrogens with zero attached hydrogens (tertiary/aromatic N) is 1. The Morgan fingerprint density at radius 2 is 1.66 bits per heavy atom. The van der Waals surface area contributed by atoms with Gasteiger partial charge in [0.15, 0.2) is 29.0 Å². The average molecular weight is 515 g/mol. The standard InChI is InChI=1S/C20H25N3O5.HI/c1-21-20(22-10-13-5-7-15-17(9-13)28-12-27-15)23-11-14-6-8-16(24-2)19(26-4)18(14)25-3;/h5-9H,10-12H2,1-4H3,(H2,21,22,23);1H. The van der Waals surface area contributed by atoms with Crippen LogP contribution in [0.2, 0.25) is 0 Å². The molecule has 0 bridgehead atoms. The maximum Gasteiger partial charge on any atom is 0.231 e. The lowest BCUT2D eigenvalue weighted by atomic mass is 10.1. The second-order valence-corrected chi connectivity index (χ2v) is 5.96. The Bertz CT molecular complexity index is 860. The van der Waals surface area contributed by atoms with E-state index < -0.39 is 0 Å². The van der Waals surface area contributed by atoms with E-state index in [2.05, 4.69) is 15.6 Å². The molecule has 0 atom stereocenters. The summed E-state index contributed by atoms with van der Waals surface area (Å²) in [6.07, 6.45) is 0. The van der Waals surface area contributed by atoms with E-state index in [0.717, 1.165) is 22.6 Å². The first-order valence-corrected chi connectivity index (χ1v) is 8.81. The number of benzene rings is 2. The lowest BCUT2D eigenvalue weighted by Gasteiger charge is -2.17. The van der Waals surface area contributed by atoms with E-state index in [-0.39, 0.29) is 30.8 Å². The first kappa shape index (κ1) is 22.7. The van der Waals surface area contributed by atoms with Gasteiger partial charge in [0.2, 0.25) is 12.5 Å². The summed E-state index contributed by atoms with van der Waals surface area (Å²) in [6.45, 7) is 1.37. The molecule has 2 N–H and O–H groups in total. The Labute approximate surface area is 187 Å². The van der Waals surface area contributed by atoms with E-state index in [1.807, 2.05) is 30.3 Å². The zero-order chi connectivity index (χ0) is 19.9. The highest BCUT2D eigenvalue weighted by atomic mass is 127. The summed E-state index contributed by atoms with van der Waals surface area (Å²) >= 11 is 0. The van der Waals surface area contributed by atoms with Crippen LogP contribution in [0.3, 0.4) is 0 Å². The molecule has 0 unspecified atom stereocenters. The smallest absolute Gasteiger partial charge is 0.231 e. The highest BCUT2D eigenvalue weighted by Gasteiger charge is 2.16. The molecule has 1 aliphatic rings. The molecular weight excluding hydrogens is 489 g/mol. The Kier molecular flexibility index (Phi) is 8.50. The van der Waals surface area contributed by atoms with Gasteiger partial charge in [-0.15, -0.1) is 24.0 Å². The zero-order valence-electron chi connectivity index (χ0n) is 16.9. The Balaban J connectivity index is 0.00000300. The van der Waals surface area contributed by atoms with Crippen LogP contribution in [0, 0.1) is 0 Å². The summed E-state index contributed by atoms with van der Waals surface area (Å²) in [5.41, 5.74) is 1.99. The van der Waals surface area contributed by atoms with Crippen molar-refractivity contribution in [2.45, 2.75) is 13.1 Å². The van der Waals surface area contributed by atoms with Gasteiger partial charge in [0.05, 0.1) is 21.3 Å². The van der Waals surface area contributed by atoms with Crippen molar-refractivity contribution in [2.75, 3.05) is 35.2 Å². The number of guanidine groups is 1. The molecule has 8 nitrogen and oxygen atoms in total. The lowest BCUT2D eigenvalue weighted by Crippen LogP contribution is -2.36. The van der Waals surface area contributed by atoms with Crippen molar-refractivity contribution in [3.8, 4) is 28.7 Å². The number of ether oxygens (including phenoxy) is 5. The fourth-order valence-corrected chi connectivity index (χ4v) is 2.94. The van der Waals surface area contributed by atoms with Crippen LogP contribution in [0.15, 0.2) is 35.3 Å². The Morgan fingerprint density at radius 3 is 2.34 bits per heavy atom. The lowest BCUT2D eigenvalue weighted by molar-refractivity contribution is 0.174. The van der Waals surface area contributed by atoms with Crippen LogP contribution < -0.4 is 34.3 Å². The van der Waals surface area contributed by atoms with Crippen molar-refractivity contribution in [3.63, 3.8) is 0 Å². The summed E-state index contributed by atoms with van der Waals surface area (Å²) in [7, 11) is 6.51. The topological polar surface area (TPSA) is 82.6 Å². The molecule has 0 amide bonds. The predicted molar refractivity (Wildman–Crippen MR) is 121 cm³/mol. The Morgan fingerprint density at radius 1 is 0.931 bits per heavy atom. The molecule has 29 heavy (non-hydrogen) atoms. The van der Waals surface area contributed by atoms with Crippen LogP contribution in [0.25, 0.3) is 0 Å². The van der Waals surface area contributed by atoms with Crippen molar-refractivity contribution >= 4 is 29.9 Å². The van der Waals surface area contributed by atoms with Gasteiger partial charge < -0.3 is 34.3 Å². The van der Waals surface area contributed by atoms with Crippen LogP contribution in [0.1, 0.15) is 11.1 Å². The van der Waals surface area contributed by atoms with Crippen molar-refractivity contribution < 1.29 is 23.7 Å². The molecule has 0 saturated heterocycles. The molecule has 0 saturated carbocycles. The molecule has 0 fully saturated rings. The zero-order valence-corrected chi connectivity index (χ0v) is 19.2. The van der Waals surface area contributed by atoms with Crippen molar-refractivity contribution in [2.24, 2.45) is 4.99 Å². The van der Waals surface area contributed by atoms with Crippen molar-refractivity contribution in [1.29, 1.82) is 0 Å². The van der Waals surface area contributed by atoms with Crippen LogP contribution in [0.4, 0.5) is 0 Å². The number of methoxy groups -OCH3 is 3. The molecule has 1 heterocycles. The second-order valence-electron chi connectivity index (χ2n) is 5.96. The number of rotatable bonds is 7. The van der Waals surface area contributed by atoms with Crippen molar-refractivity contribution in [3.05, 3.63) is 41.5 Å². The maximum absolute atomic E-state index is 5.52. The van der Waals surface area contributed by atoms with Crippen LogP contribution >= 0.6 is 24.0 Å². The minimum absolute atomic E-state index is 0. The van der Waals surface area contributed by atoms with E-state index >= 15 is 0 Å². The summed E-state index contributed by atoms with van der Waals surface area (Å²) < 4.78 is 27.0. The first-order valence-electron chi connectivity index (χ1n) is 8.81. The van der Waals surface area contributed by atoms with E-state index in [4.69, 9.17) is 23.7 Å². The number of hydrogen-bond donors (Lipinski definition) is 2. The van der Waals surface area contributed by atoms with Gasteiger partial charge in [-0.2, -0.15) is 0 Å². The average Bonchev–Trinajstić information content (AvgIpc) is 3.20. The molecule has 3 rings (SSSR count). The number of aliphatic imine (C=N–C) groups is 1. The molecule has 158 valence electrons. The Hall–Kier alpha value is -2.56. The number of hydrogen-bond acceptors (Lipinski definition) is 6. The van der Waals surface area contributed by atoms with Gasteiger partial charge in [-0.3, -0.25) is 4.99 Å². The quantitative estimate of drug-likeness (QED) is 0.334. The summed E-state index contributed by atoms with van der Waals surface area (Å²) in [5, 5.41) is 6.56. The van der Waals surface area contributed by atoms with Gasteiger partial charge in [0.1, 0.15) is 0 Å². The van der Waals surface area contributed by atoms with Crippen LogP contribution in [-0.4, -0.2) is 41.1 Å². The monoisotopic (exact) mass is 515 g/mol. The minimum Gasteiger partial charge on any atom is -0.493 e. The molecule has 1 aliphatic heterocycles. The summed E-state index contributed by atoms with van der Waals surface area (Å²) in [5.74, 6) is 4.00. The molecule has 2 aromatic rings. The number of fused-ring (bicyclic) bond motifs is 1. The molecule has 0 aromatic heterocycles. The SMILES string of the molecule is CN=C(NCc1ccc2c(c1)OCO2)NCc1ccc(OC)c(OC)c1OC.I. The normalized spacial score (nSPS) is 12.1. The largest absolute Gasteiger partial charge is 0.493 e. The second kappa shape index (κ2) is 10.8. The minimum atomic E-state index is 0.